The number of amides is 1. The van der Waals surface area contributed by atoms with Gasteiger partial charge < -0.3 is 5.32 Å². The first-order valence-electron chi connectivity index (χ1n) is 9.24. The number of nitrogens with zero attached hydrogens (tertiary/aromatic N) is 2. The Morgan fingerprint density at radius 3 is 2.60 bits per heavy atom. The van der Waals surface area contributed by atoms with E-state index in [-0.39, 0.29) is 17.8 Å². The molecule has 1 aliphatic heterocycles. The molecule has 1 heterocycles. The second-order valence-corrected chi connectivity index (χ2v) is 7.59. The molecule has 2 fully saturated rings. The molecule has 1 saturated heterocycles. The van der Waals surface area contributed by atoms with Gasteiger partial charge in [0.2, 0.25) is 5.91 Å². The summed E-state index contributed by atoms with van der Waals surface area (Å²) in [6, 6.07) is 5.06. The quantitative estimate of drug-likeness (QED) is 0.868. The molecule has 0 spiro atoms. The number of piperazine rings is 1. The molecule has 1 unspecified atom stereocenters. The Labute approximate surface area is 154 Å². The molecule has 1 aromatic rings. The van der Waals surface area contributed by atoms with Crippen molar-refractivity contribution in [3.05, 3.63) is 34.6 Å². The average molecular weight is 368 g/mol. The molecule has 4 nitrogen and oxygen atoms in total. The van der Waals surface area contributed by atoms with Crippen molar-refractivity contribution >= 4 is 17.5 Å². The van der Waals surface area contributed by atoms with Gasteiger partial charge in [0.05, 0.1) is 6.04 Å². The monoisotopic (exact) mass is 367 g/mol. The van der Waals surface area contributed by atoms with E-state index in [1.807, 2.05) is 6.92 Å². The van der Waals surface area contributed by atoms with Crippen LogP contribution in [0.4, 0.5) is 4.39 Å². The predicted molar refractivity (Wildman–Crippen MR) is 98.1 cm³/mol. The van der Waals surface area contributed by atoms with Gasteiger partial charge in [0.25, 0.3) is 0 Å². The van der Waals surface area contributed by atoms with Gasteiger partial charge in [-0.2, -0.15) is 0 Å². The zero-order chi connectivity index (χ0) is 17.8. The first-order valence-corrected chi connectivity index (χ1v) is 9.62. The number of benzene rings is 1. The minimum absolute atomic E-state index is 0.111. The zero-order valence-corrected chi connectivity index (χ0v) is 15.6. The molecule has 1 aliphatic carbocycles. The summed E-state index contributed by atoms with van der Waals surface area (Å²) in [4.78, 5) is 16.8. The van der Waals surface area contributed by atoms with E-state index in [2.05, 4.69) is 15.1 Å². The minimum atomic E-state index is -0.251. The minimum Gasteiger partial charge on any atom is -0.352 e. The van der Waals surface area contributed by atoms with Crippen LogP contribution in [-0.2, 0) is 11.3 Å². The Morgan fingerprint density at radius 2 is 1.96 bits per heavy atom. The van der Waals surface area contributed by atoms with Crippen LogP contribution in [0.5, 0.6) is 0 Å². The van der Waals surface area contributed by atoms with Crippen molar-refractivity contribution in [3.8, 4) is 0 Å². The summed E-state index contributed by atoms with van der Waals surface area (Å²) in [5, 5.41) is 3.66. The molecule has 3 rings (SSSR count). The first-order chi connectivity index (χ1) is 12.0. The zero-order valence-electron chi connectivity index (χ0n) is 14.8. The standard InChI is InChI=1S/C19H27ClFN3O/c1-14(19(25)22-15-5-2-3-6-15)24-11-9-23(10-12-24)13-16-17(20)7-4-8-18(16)21/h4,7-8,14-15H,2-3,5-6,9-13H2,1H3,(H,22,25). The molecule has 1 atom stereocenters. The molecule has 0 aromatic heterocycles. The Bertz CT molecular complexity index is 578. The van der Waals surface area contributed by atoms with E-state index in [4.69, 9.17) is 11.6 Å². The second-order valence-electron chi connectivity index (χ2n) is 7.18. The number of carbonyl (C=O) groups excluding carboxylic acids is 1. The third-order valence-corrected chi connectivity index (χ3v) is 5.83. The number of rotatable bonds is 5. The topological polar surface area (TPSA) is 35.6 Å². The van der Waals surface area contributed by atoms with Gasteiger partial charge in [-0.3, -0.25) is 14.6 Å². The van der Waals surface area contributed by atoms with Crippen LogP contribution in [0, 0.1) is 5.82 Å². The van der Waals surface area contributed by atoms with Crippen molar-refractivity contribution in [2.75, 3.05) is 26.2 Å². The van der Waals surface area contributed by atoms with Gasteiger partial charge in [0.15, 0.2) is 0 Å². The van der Waals surface area contributed by atoms with E-state index >= 15 is 0 Å². The Morgan fingerprint density at radius 1 is 1.28 bits per heavy atom. The van der Waals surface area contributed by atoms with Crippen LogP contribution in [0.1, 0.15) is 38.2 Å². The fraction of sp³-hybridized carbons (Fsp3) is 0.632. The summed E-state index contributed by atoms with van der Waals surface area (Å²) in [6.45, 7) is 5.74. The fourth-order valence-electron chi connectivity index (χ4n) is 3.77. The third-order valence-electron chi connectivity index (χ3n) is 5.48. The highest BCUT2D eigenvalue weighted by molar-refractivity contribution is 6.31. The van der Waals surface area contributed by atoms with Gasteiger partial charge >= 0.3 is 0 Å². The Balaban J connectivity index is 1.48. The highest BCUT2D eigenvalue weighted by atomic mass is 35.5. The molecule has 0 bridgehead atoms. The van der Waals surface area contributed by atoms with Crippen molar-refractivity contribution in [1.29, 1.82) is 0 Å². The van der Waals surface area contributed by atoms with Crippen molar-refractivity contribution in [2.24, 2.45) is 0 Å². The smallest absolute Gasteiger partial charge is 0.237 e. The lowest BCUT2D eigenvalue weighted by Gasteiger charge is -2.37. The van der Waals surface area contributed by atoms with Gasteiger partial charge in [-0.05, 0) is 31.9 Å². The number of hydrogen-bond donors (Lipinski definition) is 1. The Kier molecular flexibility index (Phi) is 6.31. The van der Waals surface area contributed by atoms with Crippen LogP contribution in [-0.4, -0.2) is 54.0 Å². The van der Waals surface area contributed by atoms with Crippen LogP contribution in [0.15, 0.2) is 18.2 Å². The maximum absolute atomic E-state index is 13.9. The van der Waals surface area contributed by atoms with Crippen LogP contribution >= 0.6 is 11.6 Å². The maximum atomic E-state index is 13.9. The summed E-state index contributed by atoms with van der Waals surface area (Å²) in [6.07, 6.45) is 4.65. The van der Waals surface area contributed by atoms with Crippen molar-refractivity contribution in [2.45, 2.75) is 51.2 Å². The van der Waals surface area contributed by atoms with Gasteiger partial charge in [0.1, 0.15) is 5.82 Å². The van der Waals surface area contributed by atoms with E-state index in [0.717, 1.165) is 39.0 Å². The highest BCUT2D eigenvalue weighted by Gasteiger charge is 2.28. The maximum Gasteiger partial charge on any atom is 0.237 e. The SMILES string of the molecule is CC(C(=O)NC1CCCC1)N1CCN(Cc2c(F)cccc2Cl)CC1. The molecule has 25 heavy (non-hydrogen) atoms. The third kappa shape index (κ3) is 4.72. The van der Waals surface area contributed by atoms with Crippen molar-refractivity contribution in [3.63, 3.8) is 0 Å². The molecule has 1 saturated carbocycles. The van der Waals surface area contributed by atoms with Gasteiger partial charge in [-0.1, -0.05) is 30.5 Å². The number of nitrogens with one attached hydrogen (secondary N) is 1. The fourth-order valence-corrected chi connectivity index (χ4v) is 4.00. The van der Waals surface area contributed by atoms with E-state index in [9.17, 15) is 9.18 Å². The number of halogens is 2. The van der Waals surface area contributed by atoms with E-state index in [1.54, 1.807) is 12.1 Å². The van der Waals surface area contributed by atoms with Crippen LogP contribution in [0.3, 0.4) is 0 Å². The lowest BCUT2D eigenvalue weighted by atomic mass is 10.1. The van der Waals surface area contributed by atoms with E-state index < -0.39 is 0 Å². The molecular weight excluding hydrogens is 341 g/mol. The normalized spacial score (nSPS) is 21.4. The van der Waals surface area contributed by atoms with E-state index in [1.165, 1.54) is 18.9 Å². The molecule has 138 valence electrons. The molecule has 1 amide bonds. The van der Waals surface area contributed by atoms with Crippen LogP contribution in [0.25, 0.3) is 0 Å². The second kappa shape index (κ2) is 8.47. The van der Waals surface area contributed by atoms with Crippen molar-refractivity contribution in [1.82, 2.24) is 15.1 Å². The molecule has 1 N–H and O–H groups in total. The van der Waals surface area contributed by atoms with Gasteiger partial charge in [-0.25, -0.2) is 4.39 Å². The number of carbonyl (C=O) groups is 1. The van der Waals surface area contributed by atoms with Crippen molar-refractivity contribution < 1.29 is 9.18 Å². The molecule has 0 radical (unpaired) electrons. The summed E-state index contributed by atoms with van der Waals surface area (Å²) >= 11 is 6.12. The Hall–Kier alpha value is -1.17. The highest BCUT2D eigenvalue weighted by Crippen LogP contribution is 2.22. The average Bonchev–Trinajstić information content (AvgIpc) is 3.11. The van der Waals surface area contributed by atoms with E-state index in [0.29, 0.717) is 23.2 Å². The largest absolute Gasteiger partial charge is 0.352 e. The summed E-state index contributed by atoms with van der Waals surface area (Å²) in [7, 11) is 0. The lowest BCUT2D eigenvalue weighted by molar-refractivity contribution is -0.127. The summed E-state index contributed by atoms with van der Waals surface area (Å²) < 4.78 is 13.9. The first kappa shape index (κ1) is 18.6. The molecule has 6 heteroatoms. The molecular formula is C19H27ClFN3O. The predicted octanol–water partition coefficient (Wildman–Crippen LogP) is 3.04. The summed E-state index contributed by atoms with van der Waals surface area (Å²) in [5.74, 6) is -0.114. The molecule has 1 aromatic carbocycles. The summed E-state index contributed by atoms with van der Waals surface area (Å²) in [5.41, 5.74) is 0.560. The van der Waals surface area contributed by atoms with Gasteiger partial charge in [-0.15, -0.1) is 0 Å². The van der Waals surface area contributed by atoms with Crippen LogP contribution < -0.4 is 5.32 Å². The van der Waals surface area contributed by atoms with Gasteiger partial charge in [0, 0.05) is 49.4 Å². The number of hydrogen-bond acceptors (Lipinski definition) is 3. The lowest BCUT2D eigenvalue weighted by Crippen LogP contribution is -2.54. The molecule has 2 aliphatic rings. The van der Waals surface area contributed by atoms with Crippen LogP contribution in [0.2, 0.25) is 5.02 Å².